The van der Waals surface area contributed by atoms with E-state index in [1.807, 2.05) is 18.4 Å². The molecule has 0 atom stereocenters. The third-order valence-electron chi connectivity index (χ3n) is 3.07. The average Bonchev–Trinajstić information content (AvgIpc) is 2.59. The maximum atomic E-state index is 12.3. The summed E-state index contributed by atoms with van der Waals surface area (Å²) in [4.78, 5) is 16.5. The summed E-state index contributed by atoms with van der Waals surface area (Å²) in [5, 5.41) is 3.60. The van der Waals surface area contributed by atoms with Crippen LogP contribution in [0.15, 0.2) is 41.6 Å². The zero-order chi connectivity index (χ0) is 15.9. The van der Waals surface area contributed by atoms with Crippen molar-refractivity contribution >= 4 is 17.7 Å². The second-order valence-electron chi connectivity index (χ2n) is 4.46. The van der Waals surface area contributed by atoms with Crippen LogP contribution in [0.4, 0.5) is 0 Å². The number of nitrogens with zero attached hydrogens (tertiary/aromatic N) is 1. The molecule has 6 heteroatoms. The van der Waals surface area contributed by atoms with E-state index >= 15 is 0 Å². The molecule has 0 bridgehead atoms. The molecular formula is C16H18N2O3S. The first-order chi connectivity index (χ1) is 10.7. The van der Waals surface area contributed by atoms with Gasteiger partial charge in [0.15, 0.2) is 0 Å². The summed E-state index contributed by atoms with van der Waals surface area (Å²) in [5.74, 6) is 1.23. The Hall–Kier alpha value is -2.21. The van der Waals surface area contributed by atoms with E-state index < -0.39 is 0 Å². The highest BCUT2D eigenvalue weighted by Crippen LogP contribution is 2.22. The van der Waals surface area contributed by atoms with E-state index in [0.717, 1.165) is 5.56 Å². The Labute approximate surface area is 134 Å². The van der Waals surface area contributed by atoms with E-state index in [1.165, 1.54) is 11.8 Å². The first-order valence-electron chi connectivity index (χ1n) is 6.67. The van der Waals surface area contributed by atoms with Gasteiger partial charge in [0.1, 0.15) is 16.5 Å². The molecule has 0 aliphatic heterocycles. The number of aromatic nitrogens is 1. The van der Waals surface area contributed by atoms with Crippen LogP contribution in [0.2, 0.25) is 0 Å². The molecule has 1 amide bonds. The number of carbonyl (C=O) groups is 1. The van der Waals surface area contributed by atoms with Crippen molar-refractivity contribution in [2.24, 2.45) is 0 Å². The molecule has 22 heavy (non-hydrogen) atoms. The third kappa shape index (κ3) is 3.92. The molecule has 0 radical (unpaired) electrons. The second kappa shape index (κ2) is 7.70. The standard InChI is InChI=1S/C16H18N2O3S/c1-20-12-7-11(8-13(9-12)21-2)10-18-15(19)14-5-4-6-17-16(14)22-3/h4-9H,10H2,1-3H3,(H,18,19). The minimum atomic E-state index is -0.153. The highest BCUT2D eigenvalue weighted by Gasteiger charge is 2.11. The molecule has 1 heterocycles. The zero-order valence-corrected chi connectivity index (χ0v) is 13.6. The van der Waals surface area contributed by atoms with Crippen molar-refractivity contribution in [1.82, 2.24) is 10.3 Å². The highest BCUT2D eigenvalue weighted by molar-refractivity contribution is 7.98. The number of thioether (sulfide) groups is 1. The number of pyridine rings is 1. The summed E-state index contributed by atoms with van der Waals surface area (Å²) in [5.41, 5.74) is 1.48. The molecule has 0 saturated heterocycles. The number of ether oxygens (including phenoxy) is 2. The minimum absolute atomic E-state index is 0.153. The SMILES string of the molecule is COc1cc(CNC(=O)c2cccnc2SC)cc(OC)c1. The van der Waals surface area contributed by atoms with Crippen molar-refractivity contribution in [3.05, 3.63) is 47.7 Å². The van der Waals surface area contributed by atoms with Gasteiger partial charge in [0.2, 0.25) is 0 Å². The lowest BCUT2D eigenvalue weighted by Gasteiger charge is -2.10. The van der Waals surface area contributed by atoms with Crippen LogP contribution in [0.5, 0.6) is 11.5 Å². The van der Waals surface area contributed by atoms with E-state index in [0.29, 0.717) is 28.6 Å². The van der Waals surface area contributed by atoms with Crippen LogP contribution in [0.3, 0.4) is 0 Å². The molecule has 1 aromatic carbocycles. The largest absolute Gasteiger partial charge is 0.497 e. The number of amides is 1. The number of hydrogen-bond donors (Lipinski definition) is 1. The smallest absolute Gasteiger partial charge is 0.254 e. The van der Waals surface area contributed by atoms with E-state index in [4.69, 9.17) is 9.47 Å². The summed E-state index contributed by atoms with van der Waals surface area (Å²) in [7, 11) is 3.19. The fraction of sp³-hybridized carbons (Fsp3) is 0.250. The molecule has 2 aromatic rings. The van der Waals surface area contributed by atoms with Gasteiger partial charge in [-0.1, -0.05) is 0 Å². The van der Waals surface area contributed by atoms with E-state index in [1.54, 1.807) is 38.6 Å². The van der Waals surface area contributed by atoms with Crippen LogP contribution in [0.1, 0.15) is 15.9 Å². The molecule has 0 spiro atoms. The maximum absolute atomic E-state index is 12.3. The van der Waals surface area contributed by atoms with Crippen LogP contribution in [-0.4, -0.2) is 31.4 Å². The Morgan fingerprint density at radius 3 is 2.50 bits per heavy atom. The van der Waals surface area contributed by atoms with Crippen molar-refractivity contribution in [1.29, 1.82) is 0 Å². The van der Waals surface area contributed by atoms with Crippen molar-refractivity contribution in [3.8, 4) is 11.5 Å². The van der Waals surface area contributed by atoms with Crippen LogP contribution in [0, 0.1) is 0 Å². The van der Waals surface area contributed by atoms with Crippen LogP contribution >= 0.6 is 11.8 Å². The Kier molecular flexibility index (Phi) is 5.66. The lowest BCUT2D eigenvalue weighted by atomic mass is 10.2. The molecule has 0 saturated carbocycles. The predicted octanol–water partition coefficient (Wildman–Crippen LogP) is 2.75. The number of carbonyl (C=O) groups excluding carboxylic acids is 1. The summed E-state index contributed by atoms with van der Waals surface area (Å²) in [6.45, 7) is 0.384. The minimum Gasteiger partial charge on any atom is -0.497 e. The van der Waals surface area contributed by atoms with E-state index in [-0.39, 0.29) is 5.91 Å². The van der Waals surface area contributed by atoms with Crippen molar-refractivity contribution in [2.75, 3.05) is 20.5 Å². The van der Waals surface area contributed by atoms with Gasteiger partial charge in [-0.25, -0.2) is 4.98 Å². The fourth-order valence-electron chi connectivity index (χ4n) is 1.97. The molecular weight excluding hydrogens is 300 g/mol. The molecule has 5 nitrogen and oxygen atoms in total. The number of rotatable bonds is 6. The molecule has 1 aromatic heterocycles. The predicted molar refractivity (Wildman–Crippen MR) is 86.7 cm³/mol. The number of hydrogen-bond acceptors (Lipinski definition) is 5. The lowest BCUT2D eigenvalue weighted by Crippen LogP contribution is -2.23. The van der Waals surface area contributed by atoms with Gasteiger partial charge >= 0.3 is 0 Å². The van der Waals surface area contributed by atoms with Gasteiger partial charge in [0, 0.05) is 18.8 Å². The summed E-state index contributed by atoms with van der Waals surface area (Å²) >= 11 is 1.45. The van der Waals surface area contributed by atoms with Crippen molar-refractivity contribution in [2.45, 2.75) is 11.6 Å². The summed E-state index contributed by atoms with van der Waals surface area (Å²) < 4.78 is 10.4. The zero-order valence-electron chi connectivity index (χ0n) is 12.8. The lowest BCUT2D eigenvalue weighted by molar-refractivity contribution is 0.0947. The first kappa shape index (κ1) is 16.2. The first-order valence-corrected chi connectivity index (χ1v) is 7.89. The van der Waals surface area contributed by atoms with Crippen molar-refractivity contribution < 1.29 is 14.3 Å². The quantitative estimate of drug-likeness (QED) is 0.830. The Morgan fingerprint density at radius 2 is 1.91 bits per heavy atom. The number of nitrogens with one attached hydrogen (secondary N) is 1. The molecule has 0 unspecified atom stereocenters. The topological polar surface area (TPSA) is 60.5 Å². The van der Waals surface area contributed by atoms with Gasteiger partial charge < -0.3 is 14.8 Å². The summed E-state index contributed by atoms with van der Waals surface area (Å²) in [6, 6.07) is 9.03. The van der Waals surface area contributed by atoms with Gasteiger partial charge in [-0.3, -0.25) is 4.79 Å². The van der Waals surface area contributed by atoms with E-state index in [9.17, 15) is 4.79 Å². The van der Waals surface area contributed by atoms with Crippen molar-refractivity contribution in [3.63, 3.8) is 0 Å². The third-order valence-corrected chi connectivity index (χ3v) is 3.79. The van der Waals surface area contributed by atoms with Gasteiger partial charge in [0.05, 0.1) is 19.8 Å². The average molecular weight is 318 g/mol. The van der Waals surface area contributed by atoms with Gasteiger partial charge in [-0.05, 0) is 36.1 Å². The monoisotopic (exact) mass is 318 g/mol. The maximum Gasteiger partial charge on any atom is 0.254 e. The molecule has 1 N–H and O–H groups in total. The normalized spacial score (nSPS) is 10.1. The fourth-order valence-corrected chi connectivity index (χ4v) is 2.52. The van der Waals surface area contributed by atoms with Crippen LogP contribution in [0.25, 0.3) is 0 Å². The van der Waals surface area contributed by atoms with E-state index in [2.05, 4.69) is 10.3 Å². The number of benzene rings is 1. The van der Waals surface area contributed by atoms with Gasteiger partial charge in [0.25, 0.3) is 5.91 Å². The van der Waals surface area contributed by atoms with Gasteiger partial charge in [-0.15, -0.1) is 11.8 Å². The molecule has 0 aliphatic carbocycles. The highest BCUT2D eigenvalue weighted by atomic mass is 32.2. The number of methoxy groups -OCH3 is 2. The van der Waals surface area contributed by atoms with Crippen LogP contribution in [-0.2, 0) is 6.54 Å². The van der Waals surface area contributed by atoms with Gasteiger partial charge in [-0.2, -0.15) is 0 Å². The van der Waals surface area contributed by atoms with Crippen LogP contribution < -0.4 is 14.8 Å². The Morgan fingerprint density at radius 1 is 1.23 bits per heavy atom. The molecule has 2 rings (SSSR count). The Bertz CT molecular complexity index is 639. The Balaban J connectivity index is 2.11. The summed E-state index contributed by atoms with van der Waals surface area (Å²) in [6.07, 6.45) is 3.57. The molecule has 0 aliphatic rings. The second-order valence-corrected chi connectivity index (χ2v) is 5.26. The molecule has 116 valence electrons. The molecule has 0 fully saturated rings.